The molecule has 2 rings (SSSR count). The third-order valence-corrected chi connectivity index (χ3v) is 4.87. The molecule has 0 aliphatic rings. The molecule has 1 unspecified atom stereocenters. The third-order valence-electron chi connectivity index (χ3n) is 2.39. The lowest BCUT2D eigenvalue weighted by Crippen LogP contribution is -2.01. The topological polar surface area (TPSA) is 52.3 Å². The molecule has 96 valence electrons. The fourth-order valence-corrected chi connectivity index (χ4v) is 3.74. The Morgan fingerprint density at radius 3 is 2.89 bits per heavy atom. The van der Waals surface area contributed by atoms with E-state index in [1.165, 1.54) is 0 Å². The maximum absolute atomic E-state index is 12.3. The van der Waals surface area contributed by atoms with E-state index in [1.54, 1.807) is 29.5 Å². The first-order valence-electron chi connectivity index (χ1n) is 5.63. The van der Waals surface area contributed by atoms with Crippen LogP contribution in [0.5, 0.6) is 5.75 Å². The zero-order valence-electron chi connectivity index (χ0n) is 10.1. The largest absolute Gasteiger partial charge is 0.494 e. The van der Waals surface area contributed by atoms with E-state index in [-0.39, 0.29) is 0 Å². The first-order chi connectivity index (χ1) is 8.70. The third kappa shape index (κ3) is 3.11. The molecule has 0 aliphatic carbocycles. The van der Waals surface area contributed by atoms with Gasteiger partial charge in [0.15, 0.2) is 0 Å². The summed E-state index contributed by atoms with van der Waals surface area (Å²) in [6.07, 6.45) is 0. The molecule has 0 spiro atoms. The second kappa shape index (κ2) is 6.02. The van der Waals surface area contributed by atoms with Crippen LogP contribution in [-0.4, -0.2) is 10.8 Å². The fourth-order valence-electron chi connectivity index (χ4n) is 1.57. The summed E-state index contributed by atoms with van der Waals surface area (Å²) in [5.41, 5.74) is 6.42. The zero-order chi connectivity index (χ0) is 13.0. The van der Waals surface area contributed by atoms with Crippen LogP contribution in [0.3, 0.4) is 0 Å². The molecule has 0 saturated carbocycles. The van der Waals surface area contributed by atoms with Gasteiger partial charge in [0, 0.05) is 10.6 Å². The molecule has 0 bridgehead atoms. The Labute approximate surface area is 113 Å². The molecule has 0 fully saturated rings. The minimum absolute atomic E-state index is 0.497. The Balaban J connectivity index is 2.20. The van der Waals surface area contributed by atoms with Gasteiger partial charge in [0.2, 0.25) is 0 Å². The molecule has 2 N–H and O–H groups in total. The number of nitrogens with two attached hydrogens (primary N) is 1. The summed E-state index contributed by atoms with van der Waals surface area (Å²) in [6.45, 7) is 2.50. The van der Waals surface area contributed by atoms with E-state index in [1.807, 2.05) is 24.4 Å². The number of thiophene rings is 1. The highest BCUT2D eigenvalue weighted by molar-refractivity contribution is 7.84. The summed E-state index contributed by atoms with van der Waals surface area (Å²) in [5, 5.41) is 1.98. The Morgan fingerprint density at radius 2 is 2.22 bits per heavy atom. The second-order valence-electron chi connectivity index (χ2n) is 3.70. The van der Waals surface area contributed by atoms with Crippen LogP contribution in [0.1, 0.15) is 11.8 Å². The highest BCUT2D eigenvalue weighted by Crippen LogP contribution is 2.25. The van der Waals surface area contributed by atoms with Crippen molar-refractivity contribution in [3.8, 4) is 5.75 Å². The average molecular weight is 281 g/mol. The predicted octanol–water partition coefficient (Wildman–Crippen LogP) is 3.04. The van der Waals surface area contributed by atoms with Crippen molar-refractivity contribution in [3.63, 3.8) is 0 Å². The first-order valence-corrected chi connectivity index (χ1v) is 7.83. The molecule has 1 atom stereocenters. The number of rotatable bonds is 5. The minimum atomic E-state index is -1.13. The number of benzene rings is 1. The molecule has 3 nitrogen and oxygen atoms in total. The van der Waals surface area contributed by atoms with Crippen LogP contribution in [0.25, 0.3) is 0 Å². The lowest BCUT2D eigenvalue weighted by Gasteiger charge is -2.08. The number of hydrogen-bond donors (Lipinski definition) is 1. The zero-order valence-corrected chi connectivity index (χ0v) is 11.7. The highest BCUT2D eigenvalue weighted by atomic mass is 32.2. The molecule has 5 heteroatoms. The Bertz CT molecular complexity index is 538. The second-order valence-corrected chi connectivity index (χ2v) is 6.15. The summed E-state index contributed by atoms with van der Waals surface area (Å²) >= 11 is 1.60. The van der Waals surface area contributed by atoms with E-state index in [9.17, 15) is 4.21 Å². The van der Waals surface area contributed by atoms with Gasteiger partial charge in [-0.05, 0) is 36.6 Å². The minimum Gasteiger partial charge on any atom is -0.494 e. The van der Waals surface area contributed by atoms with Crippen molar-refractivity contribution in [1.82, 2.24) is 0 Å². The van der Waals surface area contributed by atoms with Crippen LogP contribution in [0.4, 0.5) is 5.69 Å². The Hall–Kier alpha value is -1.33. The van der Waals surface area contributed by atoms with Crippen molar-refractivity contribution in [2.24, 2.45) is 0 Å². The van der Waals surface area contributed by atoms with Crippen LogP contribution in [0, 0.1) is 0 Å². The smallest absolute Gasteiger partial charge is 0.120 e. The van der Waals surface area contributed by atoms with Gasteiger partial charge in [0.05, 0.1) is 28.1 Å². The van der Waals surface area contributed by atoms with Crippen molar-refractivity contribution < 1.29 is 8.95 Å². The van der Waals surface area contributed by atoms with Crippen LogP contribution < -0.4 is 10.5 Å². The van der Waals surface area contributed by atoms with E-state index >= 15 is 0 Å². The van der Waals surface area contributed by atoms with Crippen LogP contribution >= 0.6 is 11.3 Å². The van der Waals surface area contributed by atoms with Crippen molar-refractivity contribution in [3.05, 3.63) is 40.6 Å². The summed E-state index contributed by atoms with van der Waals surface area (Å²) in [6, 6.07) is 9.24. The molecule has 1 aromatic heterocycles. The molecule has 0 radical (unpaired) electrons. The van der Waals surface area contributed by atoms with Gasteiger partial charge in [-0.1, -0.05) is 6.07 Å². The average Bonchev–Trinajstić information content (AvgIpc) is 2.84. The number of nitrogen functional groups attached to an aromatic ring is 1. The molecule has 0 amide bonds. The standard InChI is InChI=1S/C13H15NO2S2/c1-2-16-10-5-6-12(14)13(8-10)18(15)9-11-4-3-7-17-11/h3-8H,2,9,14H2,1H3. The van der Waals surface area contributed by atoms with Gasteiger partial charge >= 0.3 is 0 Å². The van der Waals surface area contributed by atoms with Crippen molar-refractivity contribution in [2.45, 2.75) is 17.6 Å². The van der Waals surface area contributed by atoms with Crippen molar-refractivity contribution in [2.75, 3.05) is 12.3 Å². The molecule has 0 aliphatic heterocycles. The summed E-state index contributed by atoms with van der Waals surface area (Å²) in [5.74, 6) is 1.21. The van der Waals surface area contributed by atoms with E-state index < -0.39 is 10.8 Å². The normalized spacial score (nSPS) is 12.3. The van der Waals surface area contributed by atoms with Gasteiger partial charge in [0.25, 0.3) is 0 Å². The maximum Gasteiger partial charge on any atom is 0.120 e. The molecule has 2 aromatic rings. The lowest BCUT2D eigenvalue weighted by atomic mass is 10.3. The van der Waals surface area contributed by atoms with Crippen LogP contribution in [0.2, 0.25) is 0 Å². The van der Waals surface area contributed by atoms with Gasteiger partial charge in [-0.3, -0.25) is 4.21 Å². The Kier molecular flexibility index (Phi) is 4.38. The van der Waals surface area contributed by atoms with Crippen LogP contribution in [0.15, 0.2) is 40.6 Å². The van der Waals surface area contributed by atoms with Gasteiger partial charge in [-0.2, -0.15) is 0 Å². The Morgan fingerprint density at radius 1 is 1.39 bits per heavy atom. The molecule has 0 saturated heterocycles. The van der Waals surface area contributed by atoms with Gasteiger partial charge in [-0.15, -0.1) is 11.3 Å². The number of anilines is 1. The molecular weight excluding hydrogens is 266 g/mol. The van der Waals surface area contributed by atoms with E-state index in [0.717, 1.165) is 4.88 Å². The predicted molar refractivity (Wildman–Crippen MR) is 76.5 cm³/mol. The first kappa shape index (κ1) is 13.1. The van der Waals surface area contributed by atoms with E-state index in [0.29, 0.717) is 28.7 Å². The number of ether oxygens (including phenoxy) is 1. The quantitative estimate of drug-likeness (QED) is 0.857. The van der Waals surface area contributed by atoms with Gasteiger partial charge < -0.3 is 10.5 Å². The molecule has 1 heterocycles. The van der Waals surface area contributed by atoms with E-state index in [2.05, 4.69) is 0 Å². The molecule has 1 aromatic carbocycles. The number of hydrogen-bond acceptors (Lipinski definition) is 4. The van der Waals surface area contributed by atoms with Crippen molar-refractivity contribution in [1.29, 1.82) is 0 Å². The summed E-state index contributed by atoms with van der Waals surface area (Å²) in [4.78, 5) is 1.74. The molecule has 18 heavy (non-hydrogen) atoms. The summed E-state index contributed by atoms with van der Waals surface area (Å²) in [7, 11) is -1.13. The summed E-state index contributed by atoms with van der Waals surface area (Å²) < 4.78 is 17.7. The van der Waals surface area contributed by atoms with Gasteiger partial charge in [0.1, 0.15) is 5.75 Å². The monoisotopic (exact) mass is 281 g/mol. The SMILES string of the molecule is CCOc1ccc(N)c(S(=O)Cc2cccs2)c1. The maximum atomic E-state index is 12.3. The molecular formula is C13H15NO2S2. The highest BCUT2D eigenvalue weighted by Gasteiger charge is 2.11. The fraction of sp³-hybridized carbons (Fsp3) is 0.231. The van der Waals surface area contributed by atoms with E-state index in [4.69, 9.17) is 10.5 Å². The van der Waals surface area contributed by atoms with Crippen LogP contribution in [-0.2, 0) is 16.6 Å². The van der Waals surface area contributed by atoms with Crippen molar-refractivity contribution >= 4 is 27.8 Å². The van der Waals surface area contributed by atoms with Gasteiger partial charge in [-0.25, -0.2) is 0 Å². The lowest BCUT2D eigenvalue weighted by molar-refractivity contribution is 0.339.